The van der Waals surface area contributed by atoms with E-state index in [0.29, 0.717) is 0 Å². The monoisotopic (exact) mass is 365 g/mol. The van der Waals surface area contributed by atoms with Crippen molar-refractivity contribution in [2.75, 3.05) is 0 Å². The molecule has 2 atom stereocenters. The average Bonchev–Trinajstić information content (AvgIpc) is 3.09. The van der Waals surface area contributed by atoms with Gasteiger partial charge in [0.25, 0.3) is 0 Å². The van der Waals surface area contributed by atoms with Gasteiger partial charge in [0.05, 0.1) is 12.1 Å². The Hall–Kier alpha value is -2.66. The molecule has 5 heteroatoms. The van der Waals surface area contributed by atoms with Crippen molar-refractivity contribution >= 4 is 17.4 Å². The van der Waals surface area contributed by atoms with E-state index in [-0.39, 0.29) is 18.1 Å². The second kappa shape index (κ2) is 8.63. The van der Waals surface area contributed by atoms with Gasteiger partial charge in [-0.1, -0.05) is 60.7 Å². The molecule has 0 bridgehead atoms. The number of rotatable bonds is 6. The Morgan fingerprint density at radius 3 is 2.31 bits per heavy atom. The number of aromatic nitrogens is 1. The zero-order valence-corrected chi connectivity index (χ0v) is 15.8. The summed E-state index contributed by atoms with van der Waals surface area (Å²) in [7, 11) is 0. The maximum Gasteiger partial charge on any atom is 0.315 e. The van der Waals surface area contributed by atoms with Crippen molar-refractivity contribution in [2.24, 2.45) is 0 Å². The predicted octanol–water partition coefficient (Wildman–Crippen LogP) is 4.80. The summed E-state index contributed by atoms with van der Waals surface area (Å²) in [5, 5.41) is 9.02. The molecule has 0 saturated carbocycles. The van der Waals surface area contributed by atoms with Crippen LogP contribution in [0.25, 0.3) is 0 Å². The Kier molecular flexibility index (Phi) is 6.02. The number of urea groups is 1. The van der Waals surface area contributed by atoms with Crippen LogP contribution in [0.5, 0.6) is 0 Å². The lowest BCUT2D eigenvalue weighted by atomic mass is 9.99. The smallest absolute Gasteiger partial charge is 0.315 e. The van der Waals surface area contributed by atoms with Gasteiger partial charge in [-0.3, -0.25) is 0 Å². The van der Waals surface area contributed by atoms with E-state index in [1.807, 2.05) is 67.8 Å². The summed E-state index contributed by atoms with van der Waals surface area (Å²) in [4.78, 5) is 17.0. The molecule has 4 nitrogen and oxygen atoms in total. The van der Waals surface area contributed by atoms with Crippen molar-refractivity contribution < 1.29 is 4.79 Å². The predicted molar refractivity (Wildman–Crippen MR) is 106 cm³/mol. The van der Waals surface area contributed by atoms with Crippen LogP contribution in [0.15, 0.2) is 66.0 Å². The van der Waals surface area contributed by atoms with E-state index in [9.17, 15) is 4.79 Å². The third-order valence-corrected chi connectivity index (χ3v) is 5.29. The molecule has 26 heavy (non-hydrogen) atoms. The molecule has 0 radical (unpaired) electrons. The third-order valence-electron chi connectivity index (χ3n) is 4.14. The molecule has 0 aliphatic heterocycles. The quantitative estimate of drug-likeness (QED) is 0.659. The molecule has 0 aliphatic carbocycles. The maximum atomic E-state index is 12.6. The zero-order chi connectivity index (χ0) is 18.4. The van der Waals surface area contributed by atoms with Crippen LogP contribution in [0, 0.1) is 6.92 Å². The molecule has 2 aromatic carbocycles. The Balaban J connectivity index is 1.69. The molecule has 0 fully saturated rings. The minimum Gasteiger partial charge on any atom is -0.331 e. The van der Waals surface area contributed by atoms with Crippen molar-refractivity contribution in [3.8, 4) is 0 Å². The molecule has 0 spiro atoms. The summed E-state index contributed by atoms with van der Waals surface area (Å²) in [6, 6.07) is 19.8. The molecule has 1 aromatic heterocycles. The van der Waals surface area contributed by atoms with E-state index in [0.717, 1.165) is 22.7 Å². The summed E-state index contributed by atoms with van der Waals surface area (Å²) in [5.41, 5.74) is 3.25. The first-order valence-corrected chi connectivity index (χ1v) is 9.57. The highest BCUT2D eigenvalue weighted by Crippen LogP contribution is 2.20. The summed E-state index contributed by atoms with van der Waals surface area (Å²) in [6.45, 7) is 3.91. The third kappa shape index (κ3) is 4.92. The van der Waals surface area contributed by atoms with Crippen LogP contribution in [-0.2, 0) is 6.42 Å². The molecule has 0 saturated heterocycles. The van der Waals surface area contributed by atoms with E-state index in [2.05, 4.69) is 27.8 Å². The van der Waals surface area contributed by atoms with Gasteiger partial charge in [-0.15, -0.1) is 11.3 Å². The Morgan fingerprint density at radius 2 is 1.69 bits per heavy atom. The van der Waals surface area contributed by atoms with Gasteiger partial charge < -0.3 is 10.6 Å². The lowest BCUT2D eigenvalue weighted by molar-refractivity contribution is 0.234. The molecule has 3 rings (SSSR count). The van der Waals surface area contributed by atoms with Crippen LogP contribution in [0.4, 0.5) is 4.79 Å². The van der Waals surface area contributed by atoms with Crippen molar-refractivity contribution in [3.63, 3.8) is 0 Å². The standard InChI is InChI=1S/C21H23N3OS/c1-15-14-26-20(22-15)16(2)23-21(25)24-19(18-11-7-4-8-12-18)13-17-9-5-3-6-10-17/h3-12,14,16,19H,13H2,1-2H3,(H2,23,24,25). The molecule has 1 heterocycles. The van der Waals surface area contributed by atoms with Crippen LogP contribution < -0.4 is 10.6 Å². The lowest BCUT2D eigenvalue weighted by Gasteiger charge is -2.21. The second-order valence-electron chi connectivity index (χ2n) is 6.32. The minimum absolute atomic E-state index is 0.0937. The molecular weight excluding hydrogens is 342 g/mol. The molecule has 0 aliphatic rings. The van der Waals surface area contributed by atoms with E-state index < -0.39 is 0 Å². The maximum absolute atomic E-state index is 12.6. The van der Waals surface area contributed by atoms with E-state index in [4.69, 9.17) is 0 Å². The van der Waals surface area contributed by atoms with Crippen molar-refractivity contribution in [1.82, 2.24) is 15.6 Å². The average molecular weight is 366 g/mol. The van der Waals surface area contributed by atoms with Crippen molar-refractivity contribution in [1.29, 1.82) is 0 Å². The van der Waals surface area contributed by atoms with Crippen LogP contribution in [0.3, 0.4) is 0 Å². The summed E-state index contributed by atoms with van der Waals surface area (Å²) in [5.74, 6) is 0. The number of nitrogens with one attached hydrogen (secondary N) is 2. The topological polar surface area (TPSA) is 54.0 Å². The first-order chi connectivity index (χ1) is 12.6. The molecule has 2 N–H and O–H groups in total. The van der Waals surface area contributed by atoms with Crippen LogP contribution in [0.1, 0.15) is 40.8 Å². The second-order valence-corrected chi connectivity index (χ2v) is 7.21. The SMILES string of the molecule is Cc1csc(C(C)NC(=O)NC(Cc2ccccc2)c2ccccc2)n1. The number of aryl methyl sites for hydroxylation is 1. The van der Waals surface area contributed by atoms with Crippen molar-refractivity contribution in [3.05, 3.63) is 87.9 Å². The summed E-state index contributed by atoms with van der Waals surface area (Å²) >= 11 is 1.56. The Morgan fingerprint density at radius 1 is 1.04 bits per heavy atom. The van der Waals surface area contributed by atoms with Gasteiger partial charge >= 0.3 is 6.03 Å². The molecular formula is C21H23N3OS. The van der Waals surface area contributed by atoms with Crippen LogP contribution >= 0.6 is 11.3 Å². The summed E-state index contributed by atoms with van der Waals surface area (Å²) in [6.07, 6.45) is 0.739. The highest BCUT2D eigenvalue weighted by Gasteiger charge is 2.18. The number of nitrogens with zero attached hydrogens (tertiary/aromatic N) is 1. The number of carbonyl (C=O) groups excluding carboxylic acids is 1. The number of benzene rings is 2. The highest BCUT2D eigenvalue weighted by molar-refractivity contribution is 7.09. The fourth-order valence-electron chi connectivity index (χ4n) is 2.82. The van der Waals surface area contributed by atoms with Crippen LogP contribution in [-0.4, -0.2) is 11.0 Å². The number of amides is 2. The molecule has 2 amide bonds. The van der Waals surface area contributed by atoms with Gasteiger partial charge in [0.2, 0.25) is 0 Å². The van der Waals surface area contributed by atoms with E-state index >= 15 is 0 Å². The van der Waals surface area contributed by atoms with E-state index in [1.165, 1.54) is 5.56 Å². The van der Waals surface area contributed by atoms with Gasteiger partial charge in [-0.25, -0.2) is 9.78 Å². The summed E-state index contributed by atoms with van der Waals surface area (Å²) < 4.78 is 0. The first-order valence-electron chi connectivity index (χ1n) is 8.70. The molecule has 3 aromatic rings. The van der Waals surface area contributed by atoms with Crippen LogP contribution in [0.2, 0.25) is 0 Å². The molecule has 134 valence electrons. The highest BCUT2D eigenvalue weighted by atomic mass is 32.1. The Labute approximate surface area is 158 Å². The lowest BCUT2D eigenvalue weighted by Crippen LogP contribution is -2.39. The number of hydrogen-bond acceptors (Lipinski definition) is 3. The minimum atomic E-state index is -0.185. The van der Waals surface area contributed by atoms with Gasteiger partial charge in [0, 0.05) is 11.1 Å². The number of carbonyl (C=O) groups is 1. The van der Waals surface area contributed by atoms with E-state index in [1.54, 1.807) is 11.3 Å². The zero-order valence-electron chi connectivity index (χ0n) is 15.0. The first kappa shape index (κ1) is 18.1. The Bertz CT molecular complexity index is 833. The largest absolute Gasteiger partial charge is 0.331 e. The normalized spacial score (nSPS) is 13.0. The van der Waals surface area contributed by atoms with Gasteiger partial charge in [-0.2, -0.15) is 0 Å². The fraction of sp³-hybridized carbons (Fsp3) is 0.238. The number of hydrogen-bond donors (Lipinski definition) is 2. The molecule has 2 unspecified atom stereocenters. The fourth-order valence-corrected chi connectivity index (χ4v) is 3.62. The van der Waals surface area contributed by atoms with Crippen molar-refractivity contribution in [2.45, 2.75) is 32.4 Å². The number of thiazole rings is 1. The van der Waals surface area contributed by atoms with Gasteiger partial charge in [-0.05, 0) is 31.4 Å². The van der Waals surface area contributed by atoms with Gasteiger partial charge in [0.15, 0.2) is 0 Å². The van der Waals surface area contributed by atoms with Gasteiger partial charge in [0.1, 0.15) is 5.01 Å².